The Balaban J connectivity index is 1.63. The summed E-state index contributed by atoms with van der Waals surface area (Å²) in [6.07, 6.45) is 7.72. The number of halogens is 5. The van der Waals surface area contributed by atoms with E-state index in [4.69, 9.17) is 0 Å². The minimum atomic E-state index is -5.12. The van der Waals surface area contributed by atoms with E-state index in [1.165, 1.54) is 19.3 Å². The second-order valence-electron chi connectivity index (χ2n) is 8.22. The third kappa shape index (κ3) is 5.26. The molecule has 2 saturated carbocycles. The van der Waals surface area contributed by atoms with Crippen molar-refractivity contribution in [2.45, 2.75) is 70.6 Å². The van der Waals surface area contributed by atoms with E-state index in [0.29, 0.717) is 17.4 Å². The quantitative estimate of drug-likeness (QED) is 0.366. The summed E-state index contributed by atoms with van der Waals surface area (Å²) in [5.41, 5.74) is 0.443. The largest absolute Gasteiger partial charge is 0.573 e. The summed E-state index contributed by atoms with van der Waals surface area (Å²) in [4.78, 5) is 0. The predicted molar refractivity (Wildman–Crippen MR) is 98.0 cm³/mol. The van der Waals surface area contributed by atoms with Crippen molar-refractivity contribution in [1.82, 2.24) is 0 Å². The van der Waals surface area contributed by atoms with Crippen LogP contribution in [0.3, 0.4) is 0 Å². The molecule has 28 heavy (non-hydrogen) atoms. The fourth-order valence-electron chi connectivity index (χ4n) is 5.08. The first kappa shape index (κ1) is 21.1. The number of rotatable bonds is 5. The minimum Gasteiger partial charge on any atom is -0.399 e. The number of hydrogen-bond donors (Lipinski definition) is 0. The molecule has 6 heteroatoms. The molecule has 0 radical (unpaired) electrons. The third-order valence-corrected chi connectivity index (χ3v) is 6.41. The Morgan fingerprint density at radius 1 is 1.00 bits per heavy atom. The van der Waals surface area contributed by atoms with Crippen LogP contribution in [0.5, 0.6) is 5.75 Å². The van der Waals surface area contributed by atoms with Crippen molar-refractivity contribution >= 4 is 0 Å². The SMILES string of the molecule is CC=CCC[C@@H]1CC[C@@H]2CC(c3cc(F)c(OC(F)(F)F)c(F)c3)CC[C@@H]2C1. The lowest BCUT2D eigenvalue weighted by atomic mass is 9.63. The second kappa shape index (κ2) is 8.83. The zero-order chi connectivity index (χ0) is 20.3. The fourth-order valence-corrected chi connectivity index (χ4v) is 5.08. The van der Waals surface area contributed by atoms with Gasteiger partial charge in [0.25, 0.3) is 0 Å². The molecule has 0 aromatic heterocycles. The van der Waals surface area contributed by atoms with Crippen molar-refractivity contribution < 1.29 is 26.7 Å². The molecule has 1 aromatic rings. The van der Waals surface area contributed by atoms with Gasteiger partial charge in [0, 0.05) is 0 Å². The molecule has 4 atom stereocenters. The van der Waals surface area contributed by atoms with Crippen LogP contribution in [-0.2, 0) is 0 Å². The van der Waals surface area contributed by atoms with Crippen LogP contribution in [-0.4, -0.2) is 6.36 Å². The molecule has 1 unspecified atom stereocenters. The third-order valence-electron chi connectivity index (χ3n) is 6.41. The summed E-state index contributed by atoms with van der Waals surface area (Å²) in [6, 6.07) is 2.02. The van der Waals surface area contributed by atoms with E-state index in [1.807, 2.05) is 6.92 Å². The van der Waals surface area contributed by atoms with E-state index < -0.39 is 23.7 Å². The van der Waals surface area contributed by atoms with Gasteiger partial charge < -0.3 is 4.74 Å². The van der Waals surface area contributed by atoms with Gasteiger partial charge in [-0.3, -0.25) is 0 Å². The van der Waals surface area contributed by atoms with Crippen molar-refractivity contribution in [2.24, 2.45) is 17.8 Å². The minimum absolute atomic E-state index is 0.00948. The van der Waals surface area contributed by atoms with Crippen molar-refractivity contribution in [1.29, 1.82) is 0 Å². The molecule has 2 aliphatic carbocycles. The molecule has 0 spiro atoms. The average Bonchev–Trinajstić information content (AvgIpc) is 2.63. The summed E-state index contributed by atoms with van der Waals surface area (Å²) in [5.74, 6) is -2.01. The lowest BCUT2D eigenvalue weighted by molar-refractivity contribution is -0.276. The highest BCUT2D eigenvalue weighted by atomic mass is 19.4. The van der Waals surface area contributed by atoms with E-state index >= 15 is 0 Å². The molecule has 1 aromatic carbocycles. The first-order valence-corrected chi connectivity index (χ1v) is 10.1. The summed E-state index contributed by atoms with van der Waals surface area (Å²) >= 11 is 0. The van der Waals surface area contributed by atoms with Gasteiger partial charge in [0.2, 0.25) is 5.75 Å². The first-order valence-electron chi connectivity index (χ1n) is 10.1. The molecule has 0 amide bonds. The summed E-state index contributed by atoms with van der Waals surface area (Å²) in [7, 11) is 0. The van der Waals surface area contributed by atoms with Gasteiger partial charge in [-0.1, -0.05) is 18.6 Å². The highest BCUT2D eigenvalue weighted by Crippen LogP contribution is 2.48. The van der Waals surface area contributed by atoms with Crippen LogP contribution in [0.2, 0.25) is 0 Å². The first-order chi connectivity index (χ1) is 13.3. The number of allylic oxidation sites excluding steroid dienone is 2. The van der Waals surface area contributed by atoms with Crippen molar-refractivity contribution in [3.05, 3.63) is 41.5 Å². The fraction of sp³-hybridized carbons (Fsp3) is 0.636. The Morgan fingerprint density at radius 3 is 2.29 bits per heavy atom. The smallest absolute Gasteiger partial charge is 0.399 e. The Hall–Kier alpha value is -1.59. The maximum atomic E-state index is 14.1. The summed E-state index contributed by atoms with van der Waals surface area (Å²) < 4.78 is 68.5. The molecular formula is C22H27F5O. The standard InChI is InChI=1S/C22H27F5O/c1-2-3-4-5-14-6-7-16-11-17(9-8-15(16)10-14)18-12-19(23)21(20(24)13-18)28-22(25,26)27/h2-3,12-17H,4-11H2,1H3/t14-,15-,16-,17?/m1/s1. The van der Waals surface area contributed by atoms with Crippen molar-refractivity contribution in [3.8, 4) is 5.75 Å². The van der Waals surface area contributed by atoms with E-state index in [0.717, 1.165) is 50.2 Å². The van der Waals surface area contributed by atoms with Gasteiger partial charge in [-0.25, -0.2) is 8.78 Å². The van der Waals surface area contributed by atoms with Crippen LogP contribution in [0.25, 0.3) is 0 Å². The number of benzene rings is 1. The molecule has 1 nitrogen and oxygen atoms in total. The molecule has 2 fully saturated rings. The molecule has 0 heterocycles. The topological polar surface area (TPSA) is 9.23 Å². The van der Waals surface area contributed by atoms with Gasteiger partial charge in [0.1, 0.15) is 0 Å². The zero-order valence-electron chi connectivity index (χ0n) is 16.1. The summed E-state index contributed by atoms with van der Waals surface area (Å²) in [6.45, 7) is 2.03. The van der Waals surface area contributed by atoms with Crippen LogP contribution in [0.15, 0.2) is 24.3 Å². The lowest BCUT2D eigenvalue weighted by Crippen LogP contribution is -2.30. The molecule has 0 N–H and O–H groups in total. The number of ether oxygens (including phenoxy) is 1. The molecule has 156 valence electrons. The average molecular weight is 402 g/mol. The molecule has 2 aliphatic rings. The maximum absolute atomic E-state index is 14.1. The van der Waals surface area contributed by atoms with Crippen LogP contribution < -0.4 is 4.74 Å². The van der Waals surface area contributed by atoms with Crippen LogP contribution >= 0.6 is 0 Å². The van der Waals surface area contributed by atoms with Gasteiger partial charge in [-0.05, 0) is 93.2 Å². The van der Waals surface area contributed by atoms with Crippen molar-refractivity contribution in [3.63, 3.8) is 0 Å². The maximum Gasteiger partial charge on any atom is 0.573 e. The Kier molecular flexibility index (Phi) is 6.66. The lowest BCUT2D eigenvalue weighted by Gasteiger charge is -2.42. The van der Waals surface area contributed by atoms with Gasteiger partial charge in [-0.15, -0.1) is 13.2 Å². The Bertz CT molecular complexity index is 674. The van der Waals surface area contributed by atoms with E-state index in [2.05, 4.69) is 16.9 Å². The second-order valence-corrected chi connectivity index (χ2v) is 8.22. The predicted octanol–water partition coefficient (Wildman–Crippen LogP) is 7.52. The van der Waals surface area contributed by atoms with Crippen molar-refractivity contribution in [2.75, 3.05) is 0 Å². The van der Waals surface area contributed by atoms with Gasteiger partial charge >= 0.3 is 6.36 Å². The normalized spacial score (nSPS) is 28.4. The zero-order valence-corrected chi connectivity index (χ0v) is 16.1. The van der Waals surface area contributed by atoms with Gasteiger partial charge in [0.15, 0.2) is 11.6 Å². The van der Waals surface area contributed by atoms with Crippen LogP contribution in [0.1, 0.15) is 69.8 Å². The molecular weight excluding hydrogens is 375 g/mol. The van der Waals surface area contributed by atoms with Gasteiger partial charge in [-0.2, -0.15) is 0 Å². The van der Waals surface area contributed by atoms with Gasteiger partial charge in [0.05, 0.1) is 0 Å². The van der Waals surface area contributed by atoms with Crippen LogP contribution in [0, 0.1) is 29.4 Å². The van der Waals surface area contributed by atoms with E-state index in [9.17, 15) is 22.0 Å². The molecule has 3 rings (SSSR count). The molecule has 0 bridgehead atoms. The number of hydrogen-bond acceptors (Lipinski definition) is 1. The number of fused-ring (bicyclic) bond motifs is 1. The highest BCUT2D eigenvalue weighted by Gasteiger charge is 2.37. The van der Waals surface area contributed by atoms with E-state index in [-0.39, 0.29) is 5.92 Å². The molecule has 0 saturated heterocycles. The van der Waals surface area contributed by atoms with Crippen LogP contribution in [0.4, 0.5) is 22.0 Å². The highest BCUT2D eigenvalue weighted by molar-refractivity contribution is 5.33. The monoisotopic (exact) mass is 402 g/mol. The summed E-state index contributed by atoms with van der Waals surface area (Å²) in [5, 5.41) is 0. The Labute approximate surface area is 163 Å². The number of alkyl halides is 3. The van der Waals surface area contributed by atoms with E-state index in [1.54, 1.807) is 0 Å². The molecule has 0 aliphatic heterocycles. The Morgan fingerprint density at radius 2 is 1.64 bits per heavy atom.